The molecule has 0 saturated heterocycles. The number of carbonyl (C=O) groups excluding carboxylic acids is 1. The van der Waals surface area contributed by atoms with Crippen LogP contribution >= 0.6 is 0 Å². The van der Waals surface area contributed by atoms with Crippen molar-refractivity contribution in [3.8, 4) is 11.8 Å². The summed E-state index contributed by atoms with van der Waals surface area (Å²) in [7, 11) is 0. The Kier molecular flexibility index (Phi) is 5.71. The van der Waals surface area contributed by atoms with E-state index in [0.29, 0.717) is 12.4 Å². The molecule has 2 heterocycles. The fourth-order valence-corrected chi connectivity index (χ4v) is 3.07. The van der Waals surface area contributed by atoms with E-state index < -0.39 is 17.4 Å². The number of halogens is 1. The van der Waals surface area contributed by atoms with Gasteiger partial charge in [-0.15, -0.1) is 5.10 Å². The Bertz CT molecular complexity index is 1190. The van der Waals surface area contributed by atoms with E-state index >= 15 is 0 Å². The van der Waals surface area contributed by atoms with E-state index in [2.05, 4.69) is 10.1 Å². The lowest BCUT2D eigenvalue weighted by Crippen LogP contribution is -2.25. The lowest BCUT2D eigenvalue weighted by Gasteiger charge is -2.23. The van der Waals surface area contributed by atoms with Gasteiger partial charge in [0.25, 0.3) is 0 Å². The van der Waals surface area contributed by atoms with Gasteiger partial charge in [0.05, 0.1) is 5.56 Å². The van der Waals surface area contributed by atoms with Gasteiger partial charge in [0.1, 0.15) is 34.6 Å². The number of nitriles is 1. The average Bonchev–Trinajstić information content (AvgIpc) is 3.02. The van der Waals surface area contributed by atoms with Crippen LogP contribution in [-0.2, 0) is 11.3 Å². The summed E-state index contributed by atoms with van der Waals surface area (Å²) in [6, 6.07) is 5.68. The highest BCUT2D eigenvalue weighted by molar-refractivity contribution is 6.01. The molecule has 0 aliphatic carbocycles. The molecular weight excluding hydrogens is 403 g/mol. The predicted molar refractivity (Wildman–Crippen MR) is 112 cm³/mol. The third kappa shape index (κ3) is 4.35. The molecule has 10 heteroatoms. The Morgan fingerprint density at radius 1 is 1.39 bits per heavy atom. The van der Waals surface area contributed by atoms with Crippen molar-refractivity contribution < 1.29 is 19.0 Å². The molecule has 0 aliphatic rings. The second-order valence-corrected chi connectivity index (χ2v) is 7.86. The molecule has 9 nitrogen and oxygen atoms in total. The molecule has 0 saturated carbocycles. The first kappa shape index (κ1) is 21.8. The predicted octanol–water partition coefficient (Wildman–Crippen LogP) is 3.01. The highest BCUT2D eigenvalue weighted by atomic mass is 19.1. The Hall–Kier alpha value is -3.87. The van der Waals surface area contributed by atoms with Crippen molar-refractivity contribution in [2.75, 3.05) is 17.2 Å². The number of fused-ring (bicyclic) bond motifs is 1. The number of aromatic nitrogens is 3. The van der Waals surface area contributed by atoms with Crippen LogP contribution in [0.4, 0.5) is 16.0 Å². The van der Waals surface area contributed by atoms with Crippen molar-refractivity contribution >= 4 is 23.3 Å². The summed E-state index contributed by atoms with van der Waals surface area (Å²) in [6.45, 7) is 7.51. The van der Waals surface area contributed by atoms with Gasteiger partial charge in [-0.25, -0.2) is 18.7 Å². The number of nitrogens with two attached hydrogens (primary N) is 1. The third-order valence-corrected chi connectivity index (χ3v) is 4.50. The Balaban J connectivity index is 2.05. The summed E-state index contributed by atoms with van der Waals surface area (Å²) in [6.07, 6.45) is 1.58. The minimum atomic E-state index is -0.729. The highest BCUT2D eigenvalue weighted by Gasteiger charge is 2.26. The number of anilines is 2. The topological polar surface area (TPSA) is 130 Å². The number of phenols is 1. The molecule has 1 aromatic carbocycles. The van der Waals surface area contributed by atoms with E-state index in [9.17, 15) is 19.6 Å². The van der Waals surface area contributed by atoms with Gasteiger partial charge in [-0.2, -0.15) is 5.26 Å². The van der Waals surface area contributed by atoms with Gasteiger partial charge in [-0.1, -0.05) is 0 Å². The molecular formula is C21H23FN6O3. The quantitative estimate of drug-likeness (QED) is 0.596. The molecule has 3 aromatic rings. The van der Waals surface area contributed by atoms with Crippen LogP contribution in [0.3, 0.4) is 0 Å². The molecule has 31 heavy (non-hydrogen) atoms. The van der Waals surface area contributed by atoms with E-state index in [1.807, 2.05) is 6.92 Å². The molecule has 2 aromatic heterocycles. The summed E-state index contributed by atoms with van der Waals surface area (Å²) in [4.78, 5) is 18.9. The highest BCUT2D eigenvalue weighted by Crippen LogP contribution is 2.28. The van der Waals surface area contributed by atoms with Crippen LogP contribution in [0.1, 0.15) is 49.2 Å². The number of ether oxygens (including phenoxy) is 1. The molecule has 0 spiro atoms. The number of hydrogen-bond acceptors (Lipinski definition) is 8. The lowest BCUT2D eigenvalue weighted by molar-refractivity contribution is 0.00728. The molecule has 3 N–H and O–H groups in total. The van der Waals surface area contributed by atoms with Crippen molar-refractivity contribution in [2.24, 2.45) is 0 Å². The van der Waals surface area contributed by atoms with Crippen LogP contribution in [-0.4, -0.2) is 37.8 Å². The number of nitrogens with zero attached hydrogens (tertiary/aromatic N) is 5. The minimum Gasteiger partial charge on any atom is -0.508 e. The molecule has 0 amide bonds. The average molecular weight is 426 g/mol. The number of benzene rings is 1. The van der Waals surface area contributed by atoms with E-state index in [4.69, 9.17) is 10.5 Å². The second-order valence-electron chi connectivity index (χ2n) is 7.86. The number of aromatic hydroxyl groups is 1. The molecule has 0 bridgehead atoms. The van der Waals surface area contributed by atoms with Crippen LogP contribution in [0.2, 0.25) is 0 Å². The maximum atomic E-state index is 14.0. The van der Waals surface area contributed by atoms with Gasteiger partial charge in [0.15, 0.2) is 11.5 Å². The van der Waals surface area contributed by atoms with Gasteiger partial charge in [-0.05, 0) is 45.9 Å². The number of rotatable bonds is 5. The van der Waals surface area contributed by atoms with Gasteiger partial charge in [0.2, 0.25) is 0 Å². The van der Waals surface area contributed by atoms with Crippen LogP contribution in [0.15, 0.2) is 24.4 Å². The van der Waals surface area contributed by atoms with Gasteiger partial charge in [-0.3, -0.25) is 0 Å². The maximum absolute atomic E-state index is 14.0. The Labute approximate surface area is 178 Å². The minimum absolute atomic E-state index is 0.0171. The summed E-state index contributed by atoms with van der Waals surface area (Å²) in [5.41, 5.74) is 5.36. The van der Waals surface area contributed by atoms with Crippen LogP contribution in [0.25, 0.3) is 5.65 Å². The number of phenolic OH excluding ortho intramolecular Hbond substituents is 1. The van der Waals surface area contributed by atoms with Crippen molar-refractivity contribution in [3.05, 3.63) is 46.9 Å². The standard InChI is InChI=1S/C21H23FN6O3/c1-5-27(11-13-12(10-23)14(22)6-7-15(13)29)16-8-9-28-19(25-16)17(18(24)26-28)20(30)31-21(2,3)4/h6-9,29H,5,11H2,1-4H3,(H2,24,26). The summed E-state index contributed by atoms with van der Waals surface area (Å²) in [5, 5.41) is 23.6. The molecule has 0 aliphatic heterocycles. The van der Waals surface area contributed by atoms with Crippen LogP contribution in [0.5, 0.6) is 5.75 Å². The first-order chi connectivity index (χ1) is 14.6. The van der Waals surface area contributed by atoms with E-state index in [-0.39, 0.29) is 40.4 Å². The summed E-state index contributed by atoms with van der Waals surface area (Å²) >= 11 is 0. The third-order valence-electron chi connectivity index (χ3n) is 4.50. The zero-order valence-electron chi connectivity index (χ0n) is 17.7. The second kappa shape index (κ2) is 8.10. The number of carbonyl (C=O) groups is 1. The number of esters is 1. The molecule has 0 unspecified atom stereocenters. The summed E-state index contributed by atoms with van der Waals surface area (Å²) < 4.78 is 20.8. The molecule has 0 radical (unpaired) electrons. The van der Waals surface area contributed by atoms with Crippen LogP contribution < -0.4 is 10.6 Å². The van der Waals surface area contributed by atoms with Crippen molar-refractivity contribution in [3.63, 3.8) is 0 Å². The van der Waals surface area contributed by atoms with Crippen molar-refractivity contribution in [1.82, 2.24) is 14.6 Å². The zero-order valence-corrected chi connectivity index (χ0v) is 17.7. The van der Waals surface area contributed by atoms with Crippen molar-refractivity contribution in [1.29, 1.82) is 5.26 Å². The largest absolute Gasteiger partial charge is 0.508 e. The Morgan fingerprint density at radius 3 is 2.71 bits per heavy atom. The maximum Gasteiger partial charge on any atom is 0.346 e. The lowest BCUT2D eigenvalue weighted by atomic mass is 10.1. The number of hydrogen-bond donors (Lipinski definition) is 2. The van der Waals surface area contributed by atoms with Crippen LogP contribution in [0, 0.1) is 17.1 Å². The molecule has 3 rings (SSSR count). The Morgan fingerprint density at radius 2 is 2.10 bits per heavy atom. The molecule has 0 fully saturated rings. The first-order valence-corrected chi connectivity index (χ1v) is 9.59. The zero-order chi connectivity index (χ0) is 22.9. The van der Waals surface area contributed by atoms with E-state index in [0.717, 1.165) is 6.07 Å². The smallest absolute Gasteiger partial charge is 0.346 e. The SMILES string of the molecule is CCN(Cc1c(O)ccc(F)c1C#N)c1ccn2nc(N)c(C(=O)OC(C)(C)C)c2n1. The fourth-order valence-electron chi connectivity index (χ4n) is 3.07. The molecule has 162 valence electrons. The summed E-state index contributed by atoms with van der Waals surface area (Å²) in [5.74, 6) is -1.16. The number of nitrogen functional groups attached to an aromatic ring is 1. The first-order valence-electron chi connectivity index (χ1n) is 9.59. The van der Waals surface area contributed by atoms with Gasteiger partial charge < -0.3 is 20.5 Å². The van der Waals surface area contributed by atoms with Gasteiger partial charge in [0, 0.05) is 24.8 Å². The van der Waals surface area contributed by atoms with E-state index in [1.165, 1.54) is 10.6 Å². The van der Waals surface area contributed by atoms with Gasteiger partial charge >= 0.3 is 5.97 Å². The monoisotopic (exact) mass is 426 g/mol. The fraction of sp³-hybridized carbons (Fsp3) is 0.333. The van der Waals surface area contributed by atoms with Crippen molar-refractivity contribution in [2.45, 2.75) is 39.8 Å². The normalized spacial score (nSPS) is 11.4. The van der Waals surface area contributed by atoms with E-state index in [1.54, 1.807) is 44.0 Å². The molecule has 0 atom stereocenters.